The van der Waals surface area contributed by atoms with Crippen LogP contribution >= 0.6 is 0 Å². The molecule has 1 heterocycles. The predicted molar refractivity (Wildman–Crippen MR) is 104 cm³/mol. The first kappa shape index (κ1) is 18.0. The van der Waals surface area contributed by atoms with Gasteiger partial charge in [-0.2, -0.15) is 0 Å². The molecule has 0 atom stereocenters. The first-order valence-corrected chi connectivity index (χ1v) is 8.36. The van der Waals surface area contributed by atoms with Gasteiger partial charge in [-0.1, -0.05) is 36.4 Å². The fourth-order valence-electron chi connectivity index (χ4n) is 2.92. The Morgan fingerprint density at radius 1 is 0.862 bits per heavy atom. The zero-order chi connectivity index (χ0) is 20.5. The Balaban J connectivity index is 1.74. The number of esters is 1. The van der Waals surface area contributed by atoms with Gasteiger partial charge >= 0.3 is 5.97 Å². The summed E-state index contributed by atoms with van der Waals surface area (Å²) in [7, 11) is 0. The maximum absolute atomic E-state index is 12.2. The second-order valence-corrected chi connectivity index (χ2v) is 6.19. The summed E-state index contributed by atoms with van der Waals surface area (Å²) in [6.07, 6.45) is 1.52. The molecule has 0 saturated heterocycles. The second-order valence-electron chi connectivity index (χ2n) is 6.19. The average Bonchev–Trinajstić information content (AvgIpc) is 3.08. The Morgan fingerprint density at radius 3 is 2.17 bits per heavy atom. The molecule has 0 saturated carbocycles. The standard InChI is InChI=1S/C20H11N3O6/c24-20-18(8-12-5-6-13-3-1-2-4-14(13)7-12)21-19(29-20)15-9-16(22(25)26)11-17(10-15)23(27)28/h1-11H/b18-8+. The number of carbonyl (C=O) groups is 1. The van der Waals surface area contributed by atoms with Crippen LogP contribution in [0.5, 0.6) is 0 Å². The van der Waals surface area contributed by atoms with Crippen LogP contribution < -0.4 is 0 Å². The van der Waals surface area contributed by atoms with E-state index in [1.165, 1.54) is 6.08 Å². The molecule has 0 bridgehead atoms. The molecular formula is C20H11N3O6. The van der Waals surface area contributed by atoms with Crippen molar-refractivity contribution in [3.63, 3.8) is 0 Å². The van der Waals surface area contributed by atoms with E-state index in [-0.39, 0.29) is 17.2 Å². The van der Waals surface area contributed by atoms with E-state index in [0.717, 1.165) is 29.0 Å². The number of carbonyl (C=O) groups excluding carboxylic acids is 1. The van der Waals surface area contributed by atoms with E-state index in [4.69, 9.17) is 4.74 Å². The largest absolute Gasteiger partial charge is 0.402 e. The van der Waals surface area contributed by atoms with E-state index >= 15 is 0 Å². The minimum Gasteiger partial charge on any atom is -0.402 e. The summed E-state index contributed by atoms with van der Waals surface area (Å²) < 4.78 is 5.09. The summed E-state index contributed by atoms with van der Waals surface area (Å²) >= 11 is 0. The number of hydrogen-bond acceptors (Lipinski definition) is 7. The lowest BCUT2D eigenvalue weighted by atomic mass is 10.1. The first-order chi connectivity index (χ1) is 13.9. The summed E-state index contributed by atoms with van der Waals surface area (Å²) in [4.78, 5) is 36.8. The number of fused-ring (bicyclic) bond motifs is 1. The smallest absolute Gasteiger partial charge is 0.363 e. The van der Waals surface area contributed by atoms with E-state index in [0.29, 0.717) is 5.56 Å². The summed E-state index contributed by atoms with van der Waals surface area (Å²) in [6.45, 7) is 0. The van der Waals surface area contributed by atoms with E-state index in [1.54, 1.807) is 0 Å². The lowest BCUT2D eigenvalue weighted by Gasteiger charge is -2.00. The molecule has 4 rings (SSSR count). The van der Waals surface area contributed by atoms with Crippen LogP contribution in [0.1, 0.15) is 11.1 Å². The van der Waals surface area contributed by atoms with Crippen LogP contribution in [0.3, 0.4) is 0 Å². The van der Waals surface area contributed by atoms with Crippen molar-refractivity contribution in [2.24, 2.45) is 4.99 Å². The van der Waals surface area contributed by atoms with Gasteiger partial charge < -0.3 is 4.74 Å². The van der Waals surface area contributed by atoms with Gasteiger partial charge in [-0.05, 0) is 28.5 Å². The summed E-state index contributed by atoms with van der Waals surface area (Å²) in [5, 5.41) is 24.1. The van der Waals surface area contributed by atoms with Crippen molar-refractivity contribution >= 4 is 40.1 Å². The quantitative estimate of drug-likeness (QED) is 0.287. The summed E-state index contributed by atoms with van der Waals surface area (Å²) in [5.74, 6) is -0.976. The number of ether oxygens (including phenoxy) is 1. The van der Waals surface area contributed by atoms with Crippen LogP contribution in [0.25, 0.3) is 16.8 Å². The highest BCUT2D eigenvalue weighted by Crippen LogP contribution is 2.27. The van der Waals surface area contributed by atoms with Crippen LogP contribution in [-0.4, -0.2) is 21.7 Å². The number of nitro benzene ring substituents is 2. The fraction of sp³-hybridized carbons (Fsp3) is 0. The molecule has 9 nitrogen and oxygen atoms in total. The zero-order valence-corrected chi connectivity index (χ0v) is 14.6. The number of rotatable bonds is 4. The monoisotopic (exact) mass is 389 g/mol. The Morgan fingerprint density at radius 2 is 1.52 bits per heavy atom. The number of hydrogen-bond donors (Lipinski definition) is 0. The molecule has 142 valence electrons. The molecule has 0 N–H and O–H groups in total. The second kappa shape index (κ2) is 6.97. The lowest BCUT2D eigenvalue weighted by Crippen LogP contribution is -2.06. The third kappa shape index (κ3) is 3.56. The number of cyclic esters (lactones) is 1. The van der Waals surface area contributed by atoms with Crippen molar-refractivity contribution < 1.29 is 19.4 Å². The third-order valence-electron chi connectivity index (χ3n) is 4.27. The Labute approximate surface area is 162 Å². The molecule has 1 aliphatic heterocycles. The molecule has 29 heavy (non-hydrogen) atoms. The summed E-state index contributed by atoms with van der Waals surface area (Å²) in [5.41, 5.74) is -0.323. The van der Waals surface area contributed by atoms with Gasteiger partial charge in [0.05, 0.1) is 21.5 Å². The molecule has 3 aromatic carbocycles. The van der Waals surface area contributed by atoms with Crippen molar-refractivity contribution in [2.75, 3.05) is 0 Å². The molecule has 0 unspecified atom stereocenters. The van der Waals surface area contributed by atoms with E-state index in [9.17, 15) is 25.0 Å². The highest BCUT2D eigenvalue weighted by molar-refractivity contribution is 6.13. The van der Waals surface area contributed by atoms with Crippen LogP contribution in [0.15, 0.2) is 71.4 Å². The topological polar surface area (TPSA) is 125 Å². The minimum atomic E-state index is -0.764. The van der Waals surface area contributed by atoms with Crippen molar-refractivity contribution in [1.29, 1.82) is 0 Å². The van der Waals surface area contributed by atoms with E-state index < -0.39 is 27.2 Å². The van der Waals surface area contributed by atoms with Gasteiger partial charge in [0.1, 0.15) is 0 Å². The molecular weight excluding hydrogens is 378 g/mol. The Bertz CT molecular complexity index is 1230. The van der Waals surface area contributed by atoms with Gasteiger partial charge in [0.15, 0.2) is 5.70 Å². The number of nitro groups is 2. The number of nitrogens with zero attached hydrogens (tertiary/aromatic N) is 3. The maximum atomic E-state index is 12.2. The first-order valence-electron chi connectivity index (χ1n) is 8.36. The van der Waals surface area contributed by atoms with Crippen molar-refractivity contribution in [3.8, 4) is 0 Å². The van der Waals surface area contributed by atoms with Crippen LogP contribution in [0.2, 0.25) is 0 Å². The number of benzene rings is 3. The van der Waals surface area contributed by atoms with Gasteiger partial charge in [0, 0.05) is 12.1 Å². The molecule has 0 aromatic heterocycles. The Hall–Kier alpha value is -4.40. The fourth-order valence-corrected chi connectivity index (χ4v) is 2.92. The van der Waals surface area contributed by atoms with Gasteiger partial charge in [-0.15, -0.1) is 0 Å². The van der Waals surface area contributed by atoms with Gasteiger partial charge in [0.2, 0.25) is 5.90 Å². The SMILES string of the molecule is O=C1OC(c2cc([N+](=O)[O-])cc([N+](=O)[O-])c2)=N/C1=C/c1ccc2ccccc2c1. The van der Waals surface area contributed by atoms with Gasteiger partial charge in [-0.25, -0.2) is 9.79 Å². The highest BCUT2D eigenvalue weighted by atomic mass is 16.6. The van der Waals surface area contributed by atoms with Crippen LogP contribution in [0.4, 0.5) is 11.4 Å². The highest BCUT2D eigenvalue weighted by Gasteiger charge is 2.27. The molecule has 1 aliphatic rings. The number of aliphatic imine (C=N–C) groups is 1. The van der Waals surface area contributed by atoms with Gasteiger partial charge in [-0.3, -0.25) is 20.2 Å². The number of non-ortho nitro benzene ring substituents is 2. The third-order valence-corrected chi connectivity index (χ3v) is 4.27. The molecule has 3 aromatic rings. The lowest BCUT2D eigenvalue weighted by molar-refractivity contribution is -0.394. The molecule has 0 aliphatic carbocycles. The normalized spacial score (nSPS) is 14.7. The van der Waals surface area contributed by atoms with Crippen LogP contribution in [0, 0.1) is 20.2 Å². The van der Waals surface area contributed by atoms with Crippen molar-refractivity contribution in [3.05, 3.63) is 97.7 Å². The maximum Gasteiger partial charge on any atom is 0.363 e. The molecule has 0 amide bonds. The molecule has 0 spiro atoms. The van der Waals surface area contributed by atoms with Crippen molar-refractivity contribution in [1.82, 2.24) is 0 Å². The van der Waals surface area contributed by atoms with Gasteiger partial charge in [0.25, 0.3) is 11.4 Å². The summed E-state index contributed by atoms with van der Waals surface area (Å²) in [6, 6.07) is 16.3. The Kier molecular flexibility index (Phi) is 4.32. The predicted octanol–water partition coefficient (Wildman–Crippen LogP) is 4.00. The zero-order valence-electron chi connectivity index (χ0n) is 14.6. The van der Waals surface area contributed by atoms with Crippen molar-refractivity contribution in [2.45, 2.75) is 0 Å². The molecule has 0 radical (unpaired) electrons. The van der Waals surface area contributed by atoms with E-state index in [2.05, 4.69) is 4.99 Å². The average molecular weight is 389 g/mol. The van der Waals surface area contributed by atoms with E-state index in [1.807, 2.05) is 42.5 Å². The molecule has 9 heteroatoms. The molecule has 0 fully saturated rings. The minimum absolute atomic E-state index is 0.00978. The van der Waals surface area contributed by atoms with Crippen LogP contribution in [-0.2, 0) is 9.53 Å².